The molecule has 0 bridgehead atoms. The van der Waals surface area contributed by atoms with Gasteiger partial charge in [0.2, 0.25) is 0 Å². The van der Waals surface area contributed by atoms with Crippen LogP contribution in [0.5, 0.6) is 5.75 Å². The topological polar surface area (TPSA) is 21.3 Å². The van der Waals surface area contributed by atoms with E-state index in [9.17, 15) is 0 Å². The Morgan fingerprint density at radius 3 is 2.33 bits per heavy atom. The fourth-order valence-corrected chi connectivity index (χ4v) is 3.56. The molecule has 1 aromatic rings. The van der Waals surface area contributed by atoms with Crippen molar-refractivity contribution in [3.8, 4) is 5.75 Å². The molecule has 0 spiro atoms. The zero-order chi connectivity index (χ0) is 14.9. The number of benzene rings is 1. The minimum Gasteiger partial charge on any atom is -0.497 e. The third kappa shape index (κ3) is 5.03. The van der Waals surface area contributed by atoms with Gasteiger partial charge in [-0.25, -0.2) is 0 Å². The van der Waals surface area contributed by atoms with Gasteiger partial charge in [0.05, 0.1) is 7.11 Å². The van der Waals surface area contributed by atoms with Gasteiger partial charge in [0.25, 0.3) is 0 Å². The maximum atomic E-state index is 5.30. The van der Waals surface area contributed by atoms with Crippen LogP contribution in [0.2, 0.25) is 0 Å². The summed E-state index contributed by atoms with van der Waals surface area (Å²) in [6.45, 7) is 4.48. The summed E-state index contributed by atoms with van der Waals surface area (Å²) in [5.74, 6) is 2.45. The fraction of sp³-hybridized carbons (Fsp3) is 0.684. The first-order valence-corrected chi connectivity index (χ1v) is 8.69. The van der Waals surface area contributed by atoms with E-state index in [0.29, 0.717) is 5.92 Å². The van der Waals surface area contributed by atoms with Crippen LogP contribution in [-0.2, 0) is 0 Å². The molecule has 0 aliphatic heterocycles. The zero-order valence-electron chi connectivity index (χ0n) is 13.7. The molecule has 21 heavy (non-hydrogen) atoms. The van der Waals surface area contributed by atoms with Crippen LogP contribution < -0.4 is 10.1 Å². The summed E-state index contributed by atoms with van der Waals surface area (Å²) in [5.41, 5.74) is 1.48. The molecule has 0 amide bonds. The normalized spacial score (nSPS) is 18.2. The highest BCUT2D eigenvalue weighted by Gasteiger charge is 2.23. The smallest absolute Gasteiger partial charge is 0.118 e. The van der Waals surface area contributed by atoms with Crippen LogP contribution >= 0.6 is 0 Å². The molecule has 1 unspecified atom stereocenters. The van der Waals surface area contributed by atoms with Crippen molar-refractivity contribution >= 4 is 0 Å². The van der Waals surface area contributed by atoms with Crippen molar-refractivity contribution in [2.24, 2.45) is 5.92 Å². The van der Waals surface area contributed by atoms with Crippen LogP contribution in [0, 0.1) is 5.92 Å². The summed E-state index contributed by atoms with van der Waals surface area (Å²) in [7, 11) is 1.74. The Hall–Kier alpha value is -1.02. The quantitative estimate of drug-likeness (QED) is 0.578. The van der Waals surface area contributed by atoms with Crippen molar-refractivity contribution < 1.29 is 4.74 Å². The summed E-state index contributed by atoms with van der Waals surface area (Å²) in [6, 6.07) is 8.75. The standard InChI is InChI=1S/C19H31NO/c1-3-14-20-15-19(16-8-6-4-5-7-9-16)17-10-12-18(21-2)13-11-17/h10-13,16,19-20H,3-9,14-15H2,1-2H3. The molecule has 1 aliphatic rings. The summed E-state index contributed by atoms with van der Waals surface area (Å²) < 4.78 is 5.30. The van der Waals surface area contributed by atoms with Crippen molar-refractivity contribution in [3.05, 3.63) is 29.8 Å². The Labute approximate surface area is 130 Å². The van der Waals surface area contributed by atoms with Gasteiger partial charge in [-0.3, -0.25) is 0 Å². The highest BCUT2D eigenvalue weighted by Crippen LogP contribution is 2.35. The third-order valence-electron chi connectivity index (χ3n) is 4.80. The Bertz CT molecular complexity index is 379. The molecule has 2 nitrogen and oxygen atoms in total. The van der Waals surface area contributed by atoms with Crippen LogP contribution in [-0.4, -0.2) is 20.2 Å². The third-order valence-corrected chi connectivity index (χ3v) is 4.80. The lowest BCUT2D eigenvalue weighted by Gasteiger charge is -2.27. The lowest BCUT2D eigenvalue weighted by molar-refractivity contribution is 0.360. The molecule has 0 saturated heterocycles. The minimum atomic E-state index is 0.653. The second kappa shape index (κ2) is 9.09. The molecule has 1 aliphatic carbocycles. The predicted octanol–water partition coefficient (Wildman–Crippen LogP) is 4.75. The van der Waals surface area contributed by atoms with Gasteiger partial charge in [0.15, 0.2) is 0 Å². The number of nitrogens with one attached hydrogen (secondary N) is 1. The Morgan fingerprint density at radius 2 is 1.76 bits per heavy atom. The number of ether oxygens (including phenoxy) is 1. The first-order chi connectivity index (χ1) is 10.3. The largest absolute Gasteiger partial charge is 0.497 e. The molecule has 0 aromatic heterocycles. The van der Waals surface area contributed by atoms with Gasteiger partial charge < -0.3 is 10.1 Å². The van der Waals surface area contributed by atoms with Gasteiger partial charge in [0, 0.05) is 6.54 Å². The first kappa shape index (κ1) is 16.4. The number of hydrogen-bond acceptors (Lipinski definition) is 2. The van der Waals surface area contributed by atoms with Gasteiger partial charge in [-0.05, 0) is 55.3 Å². The molecule has 1 aromatic carbocycles. The van der Waals surface area contributed by atoms with Crippen molar-refractivity contribution in [3.63, 3.8) is 0 Å². The number of hydrogen-bond donors (Lipinski definition) is 1. The molecule has 1 fully saturated rings. The van der Waals surface area contributed by atoms with Gasteiger partial charge in [0.1, 0.15) is 5.75 Å². The molecule has 118 valence electrons. The van der Waals surface area contributed by atoms with Gasteiger partial charge in [-0.15, -0.1) is 0 Å². The van der Waals surface area contributed by atoms with E-state index >= 15 is 0 Å². The average Bonchev–Trinajstić information content (AvgIpc) is 2.81. The Kier molecular flexibility index (Phi) is 7.08. The van der Waals surface area contributed by atoms with E-state index in [-0.39, 0.29) is 0 Å². The van der Waals surface area contributed by atoms with Crippen LogP contribution in [0.15, 0.2) is 24.3 Å². The number of rotatable bonds is 7. The van der Waals surface area contributed by atoms with Gasteiger partial charge >= 0.3 is 0 Å². The van der Waals surface area contributed by atoms with E-state index in [4.69, 9.17) is 4.74 Å². The van der Waals surface area contributed by atoms with E-state index in [2.05, 4.69) is 36.5 Å². The molecule has 0 heterocycles. The highest BCUT2D eigenvalue weighted by atomic mass is 16.5. The summed E-state index contributed by atoms with van der Waals surface area (Å²) >= 11 is 0. The molecule has 0 radical (unpaired) electrons. The van der Waals surface area contributed by atoms with Crippen LogP contribution in [0.25, 0.3) is 0 Å². The summed E-state index contributed by atoms with van der Waals surface area (Å²) in [4.78, 5) is 0. The SMILES string of the molecule is CCCNCC(c1ccc(OC)cc1)C1CCCCCC1. The van der Waals surface area contributed by atoms with E-state index in [1.54, 1.807) is 7.11 Å². The minimum absolute atomic E-state index is 0.653. The molecule has 2 rings (SSSR count). The predicted molar refractivity (Wildman–Crippen MR) is 90.1 cm³/mol. The second-order valence-electron chi connectivity index (χ2n) is 6.34. The van der Waals surface area contributed by atoms with E-state index < -0.39 is 0 Å². The lowest BCUT2D eigenvalue weighted by atomic mass is 9.81. The number of methoxy groups -OCH3 is 1. The monoisotopic (exact) mass is 289 g/mol. The Morgan fingerprint density at radius 1 is 1.10 bits per heavy atom. The fourth-order valence-electron chi connectivity index (χ4n) is 3.56. The van der Waals surface area contributed by atoms with E-state index in [0.717, 1.165) is 24.8 Å². The average molecular weight is 289 g/mol. The van der Waals surface area contributed by atoms with Gasteiger partial charge in [-0.2, -0.15) is 0 Å². The zero-order valence-corrected chi connectivity index (χ0v) is 13.7. The summed E-state index contributed by atoms with van der Waals surface area (Å²) in [6.07, 6.45) is 9.66. The van der Waals surface area contributed by atoms with Crippen molar-refractivity contribution in [1.82, 2.24) is 5.32 Å². The highest BCUT2D eigenvalue weighted by molar-refractivity contribution is 5.30. The second-order valence-corrected chi connectivity index (χ2v) is 6.34. The van der Waals surface area contributed by atoms with Crippen LogP contribution in [0.1, 0.15) is 63.4 Å². The van der Waals surface area contributed by atoms with Crippen molar-refractivity contribution in [2.75, 3.05) is 20.2 Å². The molecular formula is C19H31NO. The molecule has 2 heteroatoms. The summed E-state index contributed by atoms with van der Waals surface area (Å²) in [5, 5.41) is 3.65. The molecule has 1 saturated carbocycles. The first-order valence-electron chi connectivity index (χ1n) is 8.69. The Balaban J connectivity index is 2.08. The van der Waals surface area contributed by atoms with Crippen molar-refractivity contribution in [1.29, 1.82) is 0 Å². The van der Waals surface area contributed by atoms with Crippen LogP contribution in [0.4, 0.5) is 0 Å². The molecular weight excluding hydrogens is 258 g/mol. The maximum absolute atomic E-state index is 5.30. The maximum Gasteiger partial charge on any atom is 0.118 e. The lowest BCUT2D eigenvalue weighted by Crippen LogP contribution is -2.27. The van der Waals surface area contributed by atoms with Crippen LogP contribution in [0.3, 0.4) is 0 Å². The van der Waals surface area contributed by atoms with Crippen molar-refractivity contribution in [2.45, 2.75) is 57.8 Å². The molecule has 1 atom stereocenters. The van der Waals surface area contributed by atoms with E-state index in [1.807, 2.05) is 0 Å². The van der Waals surface area contributed by atoms with E-state index in [1.165, 1.54) is 50.5 Å². The molecule has 1 N–H and O–H groups in total. The van der Waals surface area contributed by atoms with Gasteiger partial charge in [-0.1, -0.05) is 44.7 Å².